The van der Waals surface area contributed by atoms with E-state index in [0.717, 1.165) is 33.3 Å². The smallest absolute Gasteiger partial charge is 0.267 e. The number of hydrogen-bond donors (Lipinski definition) is 0. The highest BCUT2D eigenvalue weighted by atomic mass is 32.2. The first-order chi connectivity index (χ1) is 17.0. The van der Waals surface area contributed by atoms with Crippen LogP contribution in [0.5, 0.6) is 0 Å². The number of pyridine rings is 1. The molecular formula is C27H24N6OS. The minimum absolute atomic E-state index is 0.0964. The number of fused-ring (bicyclic) bond motifs is 4. The van der Waals surface area contributed by atoms with Gasteiger partial charge in [-0.2, -0.15) is 0 Å². The number of para-hydroxylation sites is 2. The number of imidazole rings is 1. The van der Waals surface area contributed by atoms with Crippen molar-refractivity contribution < 1.29 is 0 Å². The highest BCUT2D eigenvalue weighted by molar-refractivity contribution is 7.98. The van der Waals surface area contributed by atoms with E-state index >= 15 is 0 Å². The second kappa shape index (κ2) is 8.39. The molecule has 0 N–H and O–H groups in total. The number of thioether (sulfide) groups is 1. The summed E-state index contributed by atoms with van der Waals surface area (Å²) in [6, 6.07) is 19.7. The predicted octanol–water partition coefficient (Wildman–Crippen LogP) is 5.41. The van der Waals surface area contributed by atoms with Crippen molar-refractivity contribution in [2.45, 2.75) is 37.6 Å². The summed E-state index contributed by atoms with van der Waals surface area (Å²) in [7, 11) is 0. The minimum atomic E-state index is -0.0964. The lowest BCUT2D eigenvalue weighted by Gasteiger charge is -2.16. The van der Waals surface area contributed by atoms with E-state index in [2.05, 4.69) is 49.3 Å². The van der Waals surface area contributed by atoms with Crippen LogP contribution in [0.25, 0.3) is 28.0 Å². The van der Waals surface area contributed by atoms with Gasteiger partial charge in [0, 0.05) is 18.1 Å². The molecular weight excluding hydrogens is 456 g/mol. The monoisotopic (exact) mass is 480 g/mol. The van der Waals surface area contributed by atoms with Crippen LogP contribution in [0, 0.1) is 6.92 Å². The zero-order valence-corrected chi connectivity index (χ0v) is 20.5. The van der Waals surface area contributed by atoms with Crippen LogP contribution in [0.4, 0.5) is 0 Å². The van der Waals surface area contributed by atoms with E-state index < -0.39 is 0 Å². The van der Waals surface area contributed by atoms with Crippen molar-refractivity contribution in [3.05, 3.63) is 100 Å². The normalized spacial score (nSPS) is 11.9. The molecule has 174 valence electrons. The van der Waals surface area contributed by atoms with Crippen LogP contribution in [0.1, 0.15) is 36.6 Å². The molecule has 0 spiro atoms. The Morgan fingerprint density at radius 1 is 0.943 bits per heavy atom. The molecule has 2 aromatic carbocycles. The lowest BCUT2D eigenvalue weighted by molar-refractivity contribution is 0.837. The zero-order valence-electron chi connectivity index (χ0n) is 19.7. The highest BCUT2D eigenvalue weighted by Crippen LogP contribution is 2.28. The molecule has 0 unspecified atom stereocenters. The fraction of sp³-hybridized carbons (Fsp3) is 0.185. The van der Waals surface area contributed by atoms with Gasteiger partial charge in [0.15, 0.2) is 5.16 Å². The van der Waals surface area contributed by atoms with Crippen molar-refractivity contribution in [3.63, 3.8) is 0 Å². The average molecular weight is 481 g/mol. The Bertz CT molecular complexity index is 1780. The Balaban J connectivity index is 1.51. The van der Waals surface area contributed by atoms with E-state index in [-0.39, 0.29) is 11.5 Å². The molecule has 0 saturated heterocycles. The van der Waals surface area contributed by atoms with Gasteiger partial charge in [-0.25, -0.2) is 9.55 Å². The Kier molecular flexibility index (Phi) is 5.18. The molecule has 7 nitrogen and oxygen atoms in total. The fourth-order valence-corrected chi connectivity index (χ4v) is 5.36. The molecule has 0 atom stereocenters. The Morgan fingerprint density at radius 3 is 2.60 bits per heavy atom. The summed E-state index contributed by atoms with van der Waals surface area (Å²) in [5, 5.41) is 10.4. The van der Waals surface area contributed by atoms with Crippen LogP contribution in [0.2, 0.25) is 0 Å². The van der Waals surface area contributed by atoms with Gasteiger partial charge in [0.05, 0.1) is 22.3 Å². The molecule has 6 rings (SSSR count). The van der Waals surface area contributed by atoms with Crippen molar-refractivity contribution in [2.24, 2.45) is 0 Å². The molecule has 35 heavy (non-hydrogen) atoms. The van der Waals surface area contributed by atoms with Crippen LogP contribution in [-0.2, 0) is 5.75 Å². The quantitative estimate of drug-likeness (QED) is 0.309. The molecule has 0 aliphatic rings. The van der Waals surface area contributed by atoms with Crippen LogP contribution in [0.15, 0.2) is 83.0 Å². The van der Waals surface area contributed by atoms with Gasteiger partial charge in [-0.3, -0.25) is 9.20 Å². The second-order valence-corrected chi connectivity index (χ2v) is 9.92. The molecule has 8 heteroatoms. The maximum Gasteiger partial charge on any atom is 0.267 e. The topological polar surface area (TPSA) is 69.5 Å². The van der Waals surface area contributed by atoms with E-state index in [1.54, 1.807) is 16.3 Å². The van der Waals surface area contributed by atoms with Gasteiger partial charge in [-0.05, 0) is 48.2 Å². The summed E-state index contributed by atoms with van der Waals surface area (Å²) >= 11 is 1.56. The maximum absolute atomic E-state index is 13.7. The van der Waals surface area contributed by atoms with Gasteiger partial charge >= 0.3 is 0 Å². The number of benzene rings is 2. The van der Waals surface area contributed by atoms with Crippen LogP contribution >= 0.6 is 11.8 Å². The SMILES string of the molecule is Cc1ccc2nc(CSc3nnc4n(-c5ccccc5C(C)C)c(=O)c5ccccc5n34)cn2c1. The predicted molar refractivity (Wildman–Crippen MR) is 140 cm³/mol. The van der Waals surface area contributed by atoms with Crippen LogP contribution in [0.3, 0.4) is 0 Å². The first-order valence-corrected chi connectivity index (χ1v) is 12.5. The van der Waals surface area contributed by atoms with Crippen molar-refractivity contribution in [2.75, 3.05) is 0 Å². The van der Waals surface area contributed by atoms with Gasteiger partial charge in [0.1, 0.15) is 5.65 Å². The molecule has 0 aliphatic carbocycles. The summed E-state index contributed by atoms with van der Waals surface area (Å²) in [6.45, 7) is 6.32. The lowest BCUT2D eigenvalue weighted by Crippen LogP contribution is -2.23. The Hall–Kier alpha value is -3.91. The molecule has 0 amide bonds. The molecule has 4 aromatic heterocycles. The Morgan fingerprint density at radius 2 is 1.74 bits per heavy atom. The first-order valence-electron chi connectivity index (χ1n) is 11.6. The van der Waals surface area contributed by atoms with E-state index in [1.165, 1.54) is 5.56 Å². The van der Waals surface area contributed by atoms with Gasteiger partial charge in [-0.1, -0.05) is 62.0 Å². The highest BCUT2D eigenvalue weighted by Gasteiger charge is 2.20. The average Bonchev–Trinajstić information content (AvgIpc) is 3.46. The Labute approximate surface area is 206 Å². The largest absolute Gasteiger partial charge is 0.307 e. The van der Waals surface area contributed by atoms with Gasteiger partial charge < -0.3 is 4.40 Å². The van der Waals surface area contributed by atoms with Crippen LogP contribution in [-0.4, -0.2) is 28.5 Å². The summed E-state index contributed by atoms with van der Waals surface area (Å²) in [5.41, 5.74) is 5.68. The minimum Gasteiger partial charge on any atom is -0.307 e. The summed E-state index contributed by atoms with van der Waals surface area (Å²) in [4.78, 5) is 18.4. The van der Waals surface area contributed by atoms with E-state index in [9.17, 15) is 4.79 Å². The van der Waals surface area contributed by atoms with E-state index in [4.69, 9.17) is 4.98 Å². The van der Waals surface area contributed by atoms with Gasteiger partial charge in [-0.15, -0.1) is 10.2 Å². The van der Waals surface area contributed by atoms with Crippen molar-refractivity contribution in [1.82, 2.24) is 28.5 Å². The lowest BCUT2D eigenvalue weighted by atomic mass is 10.0. The number of hydrogen-bond acceptors (Lipinski definition) is 5. The standard InChI is InChI=1S/C27H24N6OS/c1-17(2)20-8-4-6-10-22(20)32-25(34)21-9-5-7-11-23(21)33-26(32)29-30-27(33)35-16-19-15-31-14-18(3)12-13-24(31)28-19/h4-15,17H,16H2,1-3H3. The molecule has 0 radical (unpaired) electrons. The van der Waals surface area contributed by atoms with Crippen molar-refractivity contribution in [1.29, 1.82) is 0 Å². The molecule has 0 fully saturated rings. The number of aryl methyl sites for hydroxylation is 1. The second-order valence-electron chi connectivity index (χ2n) is 8.98. The molecule has 6 aromatic rings. The molecule has 0 bridgehead atoms. The first kappa shape index (κ1) is 21.6. The maximum atomic E-state index is 13.7. The molecule has 0 aliphatic heterocycles. The molecule has 0 saturated carbocycles. The number of rotatable bonds is 5. The number of aromatic nitrogens is 6. The van der Waals surface area contributed by atoms with Gasteiger partial charge in [0.25, 0.3) is 5.56 Å². The van der Waals surface area contributed by atoms with Crippen molar-refractivity contribution in [3.8, 4) is 5.69 Å². The van der Waals surface area contributed by atoms with E-state index in [1.807, 2.05) is 63.5 Å². The zero-order chi connectivity index (χ0) is 24.1. The van der Waals surface area contributed by atoms with Crippen molar-refractivity contribution >= 4 is 34.1 Å². The fourth-order valence-electron chi connectivity index (χ4n) is 4.53. The third-order valence-electron chi connectivity index (χ3n) is 6.19. The summed E-state index contributed by atoms with van der Waals surface area (Å²) in [5.74, 6) is 1.40. The van der Waals surface area contributed by atoms with Crippen LogP contribution < -0.4 is 5.56 Å². The summed E-state index contributed by atoms with van der Waals surface area (Å²) in [6.07, 6.45) is 4.12. The summed E-state index contributed by atoms with van der Waals surface area (Å²) < 4.78 is 5.73. The van der Waals surface area contributed by atoms with E-state index in [0.29, 0.717) is 16.9 Å². The third kappa shape index (κ3) is 3.61. The number of nitrogens with zero attached hydrogens (tertiary/aromatic N) is 6. The third-order valence-corrected chi connectivity index (χ3v) is 7.15. The van der Waals surface area contributed by atoms with Gasteiger partial charge in [0.2, 0.25) is 5.78 Å². The molecule has 4 heterocycles.